The Morgan fingerprint density at radius 2 is 1.27 bits per heavy atom. The van der Waals surface area contributed by atoms with Crippen LogP contribution in [0.5, 0.6) is 0 Å². The molecule has 5 rings (SSSR count). The van der Waals surface area contributed by atoms with E-state index in [9.17, 15) is 5.11 Å². The van der Waals surface area contributed by atoms with Gasteiger partial charge in [-0.2, -0.15) is 0 Å². The number of ether oxygens (including phenoxy) is 1. The van der Waals surface area contributed by atoms with Gasteiger partial charge in [-0.25, -0.2) is 0 Å². The molecule has 3 aliphatic rings. The molecular formula is C18H18B2O6. The lowest BCUT2D eigenvalue weighted by Gasteiger charge is -2.37. The zero-order valence-corrected chi connectivity index (χ0v) is 14.0. The van der Waals surface area contributed by atoms with Crippen molar-refractivity contribution in [3.63, 3.8) is 0 Å². The van der Waals surface area contributed by atoms with E-state index in [1.807, 2.05) is 60.7 Å². The van der Waals surface area contributed by atoms with Gasteiger partial charge in [-0.1, -0.05) is 60.7 Å². The van der Waals surface area contributed by atoms with E-state index < -0.39 is 32.7 Å². The standard InChI is InChI=1S/C18H18B2O6/c21-11-14-15-16(24-19(23-14)12-7-3-1-4-8-12)17-18(22-15)26-20(25-17)13-9-5-2-6-10-13/h1-10,14-18,21H,11H2. The molecule has 3 fully saturated rings. The first kappa shape index (κ1) is 16.5. The van der Waals surface area contributed by atoms with Crippen LogP contribution in [0.3, 0.4) is 0 Å². The zero-order valence-electron chi connectivity index (χ0n) is 14.0. The zero-order chi connectivity index (χ0) is 17.5. The average molecular weight is 352 g/mol. The molecule has 26 heavy (non-hydrogen) atoms. The number of hydrogen-bond donors (Lipinski definition) is 1. The van der Waals surface area contributed by atoms with Crippen LogP contribution in [0.25, 0.3) is 0 Å². The third kappa shape index (κ3) is 2.79. The molecule has 2 aromatic rings. The molecule has 3 saturated heterocycles. The second-order valence-corrected chi connectivity index (χ2v) is 6.65. The van der Waals surface area contributed by atoms with E-state index in [-0.39, 0.29) is 18.8 Å². The van der Waals surface area contributed by atoms with Gasteiger partial charge in [-0.3, -0.25) is 0 Å². The van der Waals surface area contributed by atoms with Gasteiger partial charge in [0.1, 0.15) is 18.3 Å². The van der Waals surface area contributed by atoms with Crippen molar-refractivity contribution in [2.24, 2.45) is 0 Å². The van der Waals surface area contributed by atoms with Crippen LogP contribution in [0.15, 0.2) is 60.7 Å². The lowest BCUT2D eigenvalue weighted by molar-refractivity contribution is -0.137. The number of hydrogen-bond acceptors (Lipinski definition) is 6. The van der Waals surface area contributed by atoms with E-state index >= 15 is 0 Å². The van der Waals surface area contributed by atoms with Gasteiger partial charge in [0.2, 0.25) is 0 Å². The summed E-state index contributed by atoms with van der Waals surface area (Å²) < 4.78 is 30.1. The van der Waals surface area contributed by atoms with Crippen molar-refractivity contribution in [1.29, 1.82) is 0 Å². The first-order valence-electron chi connectivity index (χ1n) is 8.81. The Kier molecular flexibility index (Phi) is 4.32. The predicted molar refractivity (Wildman–Crippen MR) is 95.1 cm³/mol. The average Bonchev–Trinajstić information content (AvgIpc) is 3.27. The molecule has 132 valence electrons. The Balaban J connectivity index is 1.37. The minimum atomic E-state index is -0.573. The van der Waals surface area contributed by atoms with E-state index in [0.717, 1.165) is 10.9 Å². The Hall–Kier alpha value is -1.67. The summed E-state index contributed by atoms with van der Waals surface area (Å²) >= 11 is 0. The molecule has 0 radical (unpaired) electrons. The van der Waals surface area contributed by atoms with Crippen LogP contribution >= 0.6 is 0 Å². The Labute approximate surface area is 152 Å². The van der Waals surface area contributed by atoms with Crippen molar-refractivity contribution in [2.75, 3.05) is 6.61 Å². The van der Waals surface area contributed by atoms with Gasteiger partial charge in [-0.15, -0.1) is 0 Å². The minimum absolute atomic E-state index is 0.157. The van der Waals surface area contributed by atoms with Crippen molar-refractivity contribution in [2.45, 2.75) is 30.7 Å². The van der Waals surface area contributed by atoms with Crippen LogP contribution in [0, 0.1) is 0 Å². The first-order chi connectivity index (χ1) is 12.8. The highest BCUT2D eigenvalue weighted by Crippen LogP contribution is 2.37. The summed E-state index contributed by atoms with van der Waals surface area (Å²) in [6.07, 6.45) is -2.19. The molecule has 5 atom stereocenters. The molecule has 0 bridgehead atoms. The van der Waals surface area contributed by atoms with Gasteiger partial charge in [0, 0.05) is 0 Å². The van der Waals surface area contributed by atoms with E-state index in [1.54, 1.807) is 0 Å². The van der Waals surface area contributed by atoms with Gasteiger partial charge in [0.15, 0.2) is 6.29 Å². The van der Waals surface area contributed by atoms with Gasteiger partial charge >= 0.3 is 14.2 Å². The van der Waals surface area contributed by atoms with Gasteiger partial charge in [0.05, 0.1) is 12.7 Å². The smallest absolute Gasteiger partial charge is 0.399 e. The van der Waals surface area contributed by atoms with Crippen LogP contribution in [-0.2, 0) is 23.4 Å². The monoisotopic (exact) mass is 352 g/mol. The largest absolute Gasteiger partial charge is 0.496 e. The molecule has 8 heteroatoms. The second-order valence-electron chi connectivity index (χ2n) is 6.65. The maximum absolute atomic E-state index is 9.75. The number of rotatable bonds is 3. The van der Waals surface area contributed by atoms with Gasteiger partial charge in [-0.05, 0) is 10.9 Å². The quantitative estimate of drug-likeness (QED) is 0.765. The van der Waals surface area contributed by atoms with Crippen molar-refractivity contribution < 1.29 is 28.5 Å². The van der Waals surface area contributed by atoms with Gasteiger partial charge in [0.25, 0.3) is 0 Å². The highest BCUT2D eigenvalue weighted by molar-refractivity contribution is 6.62. The third-order valence-electron chi connectivity index (χ3n) is 5.01. The summed E-state index contributed by atoms with van der Waals surface area (Å²) in [5.41, 5.74) is 1.83. The number of aliphatic hydroxyl groups excluding tert-OH is 1. The normalized spacial score (nSPS) is 33.2. The Morgan fingerprint density at radius 1 is 0.692 bits per heavy atom. The highest BCUT2D eigenvalue weighted by Gasteiger charge is 2.59. The molecule has 1 N–H and O–H groups in total. The van der Waals surface area contributed by atoms with Crippen molar-refractivity contribution in [3.05, 3.63) is 60.7 Å². The Bertz CT molecular complexity index is 748. The molecule has 2 aromatic carbocycles. The minimum Gasteiger partial charge on any atom is -0.399 e. The van der Waals surface area contributed by atoms with Crippen LogP contribution < -0.4 is 10.9 Å². The fourth-order valence-corrected chi connectivity index (χ4v) is 3.75. The van der Waals surface area contributed by atoms with Crippen molar-refractivity contribution in [3.8, 4) is 0 Å². The molecule has 0 aliphatic carbocycles. The van der Waals surface area contributed by atoms with E-state index in [1.165, 1.54) is 0 Å². The molecular weight excluding hydrogens is 334 g/mol. The maximum Gasteiger partial charge on any atom is 0.496 e. The van der Waals surface area contributed by atoms with Gasteiger partial charge < -0.3 is 28.5 Å². The number of benzene rings is 2. The number of fused-ring (bicyclic) bond motifs is 3. The van der Waals surface area contributed by atoms with Crippen LogP contribution in [0.2, 0.25) is 0 Å². The van der Waals surface area contributed by atoms with Crippen LogP contribution in [-0.4, -0.2) is 56.7 Å². The molecule has 0 spiro atoms. The Morgan fingerprint density at radius 3 is 1.88 bits per heavy atom. The summed E-state index contributed by atoms with van der Waals surface area (Å²) in [7, 11) is -1.06. The molecule has 0 aromatic heterocycles. The topological polar surface area (TPSA) is 66.4 Å². The summed E-state index contributed by atoms with van der Waals surface area (Å²) in [6, 6.07) is 19.4. The molecule has 5 unspecified atom stereocenters. The van der Waals surface area contributed by atoms with E-state index in [0.29, 0.717) is 0 Å². The van der Waals surface area contributed by atoms with E-state index in [4.69, 9.17) is 23.4 Å². The lowest BCUT2D eigenvalue weighted by Crippen LogP contribution is -2.58. The van der Waals surface area contributed by atoms with E-state index in [2.05, 4.69) is 0 Å². The number of aliphatic hydroxyl groups is 1. The predicted octanol–water partition coefficient (Wildman–Crippen LogP) is -0.306. The second kappa shape index (κ2) is 6.81. The first-order valence-corrected chi connectivity index (χ1v) is 8.81. The SMILES string of the molecule is OCC1OB(c2ccccc2)OC2C1OC1OB(c3ccccc3)OC12. The molecule has 0 saturated carbocycles. The summed E-state index contributed by atoms with van der Waals surface area (Å²) in [6.45, 7) is -0.157. The summed E-state index contributed by atoms with van der Waals surface area (Å²) in [4.78, 5) is 0. The van der Waals surface area contributed by atoms with Crippen molar-refractivity contribution in [1.82, 2.24) is 0 Å². The molecule has 6 nitrogen and oxygen atoms in total. The van der Waals surface area contributed by atoms with Crippen LogP contribution in [0.1, 0.15) is 0 Å². The summed E-state index contributed by atoms with van der Waals surface area (Å²) in [5, 5.41) is 9.75. The van der Waals surface area contributed by atoms with Crippen molar-refractivity contribution >= 4 is 25.2 Å². The fraction of sp³-hybridized carbons (Fsp3) is 0.333. The maximum atomic E-state index is 9.75. The van der Waals surface area contributed by atoms with Crippen LogP contribution in [0.4, 0.5) is 0 Å². The lowest BCUT2D eigenvalue weighted by atomic mass is 9.76. The summed E-state index contributed by atoms with van der Waals surface area (Å²) in [5.74, 6) is 0. The molecule has 3 heterocycles. The highest BCUT2D eigenvalue weighted by atomic mass is 16.8. The molecule has 3 aliphatic heterocycles. The fourth-order valence-electron chi connectivity index (χ4n) is 3.75. The third-order valence-corrected chi connectivity index (χ3v) is 5.01. The molecule has 0 amide bonds.